The van der Waals surface area contributed by atoms with Crippen LogP contribution in [0.15, 0.2) is 78.9 Å². The fourth-order valence-electron chi connectivity index (χ4n) is 3.55. The van der Waals surface area contributed by atoms with Gasteiger partial charge in [0.1, 0.15) is 11.5 Å². The number of pyridine rings is 2. The van der Waals surface area contributed by atoms with Gasteiger partial charge in [0.25, 0.3) is 11.7 Å². The molecule has 4 rings (SSSR count). The number of carbonyl (C=O) groups is 2. The van der Waals surface area contributed by atoms with E-state index in [0.717, 1.165) is 5.56 Å². The Morgan fingerprint density at radius 1 is 1.07 bits per heavy atom. The van der Waals surface area contributed by atoms with Gasteiger partial charge in [0, 0.05) is 36.9 Å². The molecule has 1 N–H and O–H groups in total. The Kier molecular flexibility index (Phi) is 5.26. The summed E-state index contributed by atoms with van der Waals surface area (Å²) < 4.78 is 5.22. The number of likely N-dealkylation sites (tertiary alicyclic amines) is 1. The van der Waals surface area contributed by atoms with Crippen LogP contribution in [0.1, 0.15) is 22.7 Å². The molecule has 1 fully saturated rings. The molecule has 1 aliphatic heterocycles. The van der Waals surface area contributed by atoms with Crippen molar-refractivity contribution in [2.24, 2.45) is 0 Å². The van der Waals surface area contributed by atoms with E-state index >= 15 is 0 Å². The Labute approximate surface area is 173 Å². The van der Waals surface area contributed by atoms with Gasteiger partial charge in [-0.05, 0) is 41.5 Å². The first kappa shape index (κ1) is 19.3. The van der Waals surface area contributed by atoms with Crippen LogP contribution in [-0.2, 0) is 16.1 Å². The summed E-state index contributed by atoms with van der Waals surface area (Å²) in [5.74, 6) is -1.13. The molecule has 7 heteroatoms. The molecule has 1 aromatic carbocycles. The molecule has 3 heterocycles. The van der Waals surface area contributed by atoms with E-state index in [2.05, 4.69) is 9.97 Å². The van der Waals surface area contributed by atoms with Crippen LogP contribution in [0.4, 0.5) is 0 Å². The maximum absolute atomic E-state index is 13.0. The van der Waals surface area contributed by atoms with Crippen LogP contribution in [0.2, 0.25) is 0 Å². The Morgan fingerprint density at radius 3 is 2.57 bits per heavy atom. The van der Waals surface area contributed by atoms with Gasteiger partial charge in [0.05, 0.1) is 18.7 Å². The van der Waals surface area contributed by atoms with E-state index in [1.165, 1.54) is 12.0 Å². The number of hydrogen-bond acceptors (Lipinski definition) is 6. The monoisotopic (exact) mass is 401 g/mol. The Bertz CT molecular complexity index is 1110. The molecule has 1 aliphatic rings. The number of ketones is 1. The summed E-state index contributed by atoms with van der Waals surface area (Å²) in [4.78, 5) is 35.5. The zero-order valence-electron chi connectivity index (χ0n) is 16.2. The lowest BCUT2D eigenvalue weighted by Gasteiger charge is -2.25. The van der Waals surface area contributed by atoms with E-state index < -0.39 is 17.7 Å². The van der Waals surface area contributed by atoms with Crippen LogP contribution in [-0.4, -0.2) is 38.8 Å². The molecule has 0 spiro atoms. The molecular formula is C23H19N3O4. The summed E-state index contributed by atoms with van der Waals surface area (Å²) >= 11 is 0. The van der Waals surface area contributed by atoms with E-state index in [-0.39, 0.29) is 17.9 Å². The Hall–Kier alpha value is -4.00. The second-order valence-electron chi connectivity index (χ2n) is 6.80. The third kappa shape index (κ3) is 3.53. The van der Waals surface area contributed by atoms with Crippen LogP contribution in [0.3, 0.4) is 0 Å². The largest absolute Gasteiger partial charge is 0.507 e. The molecule has 2 aromatic heterocycles. The van der Waals surface area contributed by atoms with Gasteiger partial charge < -0.3 is 14.7 Å². The fourth-order valence-corrected chi connectivity index (χ4v) is 3.55. The number of aromatic nitrogens is 2. The fraction of sp³-hybridized carbons (Fsp3) is 0.130. The molecule has 1 atom stereocenters. The average Bonchev–Trinajstić information content (AvgIpc) is 3.05. The molecule has 7 nitrogen and oxygen atoms in total. The number of methoxy groups -OCH3 is 1. The summed E-state index contributed by atoms with van der Waals surface area (Å²) in [6.45, 7) is 0.181. The number of nitrogens with zero attached hydrogens (tertiary/aromatic N) is 3. The van der Waals surface area contributed by atoms with Gasteiger partial charge in [-0.25, -0.2) is 0 Å². The minimum atomic E-state index is -0.751. The van der Waals surface area contributed by atoms with Gasteiger partial charge >= 0.3 is 0 Å². The minimum absolute atomic E-state index is 0.0309. The molecule has 3 aromatic rings. The van der Waals surface area contributed by atoms with Crippen molar-refractivity contribution in [3.05, 3.63) is 95.6 Å². The number of ether oxygens (including phenoxy) is 1. The SMILES string of the molecule is COc1cccc(/C(O)=C2\C(=O)C(=O)N(Cc3cccnc3)[C@H]2c2ccncc2)c1. The van der Waals surface area contributed by atoms with Crippen LogP contribution >= 0.6 is 0 Å². The predicted octanol–water partition coefficient (Wildman–Crippen LogP) is 3.11. The highest BCUT2D eigenvalue weighted by molar-refractivity contribution is 6.46. The van der Waals surface area contributed by atoms with Crippen LogP contribution in [0, 0.1) is 0 Å². The smallest absolute Gasteiger partial charge is 0.295 e. The molecule has 1 amide bonds. The first-order valence-electron chi connectivity index (χ1n) is 9.32. The Morgan fingerprint density at radius 2 is 1.87 bits per heavy atom. The van der Waals surface area contributed by atoms with Gasteiger partial charge in [0.15, 0.2) is 0 Å². The predicted molar refractivity (Wildman–Crippen MR) is 109 cm³/mol. The number of aliphatic hydroxyl groups is 1. The van der Waals surface area contributed by atoms with Crippen molar-refractivity contribution in [3.8, 4) is 5.75 Å². The van der Waals surface area contributed by atoms with Crippen LogP contribution in [0.5, 0.6) is 5.75 Å². The zero-order chi connectivity index (χ0) is 21.1. The maximum atomic E-state index is 13.0. The number of benzene rings is 1. The van der Waals surface area contributed by atoms with E-state index in [1.54, 1.807) is 67.3 Å². The van der Waals surface area contributed by atoms with Crippen LogP contribution < -0.4 is 4.74 Å². The minimum Gasteiger partial charge on any atom is -0.507 e. The molecule has 30 heavy (non-hydrogen) atoms. The van der Waals surface area contributed by atoms with Gasteiger partial charge in [-0.1, -0.05) is 18.2 Å². The topological polar surface area (TPSA) is 92.6 Å². The van der Waals surface area contributed by atoms with Crippen molar-refractivity contribution in [1.29, 1.82) is 0 Å². The van der Waals surface area contributed by atoms with E-state index in [0.29, 0.717) is 16.9 Å². The van der Waals surface area contributed by atoms with E-state index in [9.17, 15) is 14.7 Å². The molecule has 1 saturated heterocycles. The first-order valence-corrected chi connectivity index (χ1v) is 9.32. The zero-order valence-corrected chi connectivity index (χ0v) is 16.2. The number of rotatable bonds is 5. The van der Waals surface area contributed by atoms with Crippen molar-refractivity contribution in [1.82, 2.24) is 14.9 Å². The number of carbonyl (C=O) groups excluding carboxylic acids is 2. The van der Waals surface area contributed by atoms with Crippen molar-refractivity contribution in [2.45, 2.75) is 12.6 Å². The summed E-state index contributed by atoms with van der Waals surface area (Å²) in [7, 11) is 1.52. The average molecular weight is 401 g/mol. The van der Waals surface area contributed by atoms with Crippen molar-refractivity contribution < 1.29 is 19.4 Å². The quantitative estimate of drug-likeness (QED) is 0.401. The second-order valence-corrected chi connectivity index (χ2v) is 6.80. The van der Waals surface area contributed by atoms with Crippen LogP contribution in [0.25, 0.3) is 5.76 Å². The number of aliphatic hydroxyl groups excluding tert-OH is 1. The highest BCUT2D eigenvalue weighted by Crippen LogP contribution is 2.40. The molecule has 0 bridgehead atoms. The summed E-state index contributed by atoms with van der Waals surface area (Å²) in [6.07, 6.45) is 6.46. The van der Waals surface area contributed by atoms with Crippen molar-refractivity contribution in [2.75, 3.05) is 7.11 Å². The normalized spacial score (nSPS) is 17.9. The molecule has 0 aliphatic carbocycles. The lowest BCUT2D eigenvalue weighted by atomic mass is 9.96. The first-order chi connectivity index (χ1) is 14.6. The lowest BCUT2D eigenvalue weighted by Crippen LogP contribution is -2.29. The number of amides is 1. The molecule has 0 saturated carbocycles. The standard InChI is InChI=1S/C23H19N3O4/c1-30-18-6-2-5-17(12-18)21(27)19-20(16-7-10-24-11-8-16)26(23(29)22(19)28)14-15-4-3-9-25-13-15/h2-13,20,27H,14H2,1H3/b21-19+/t20-/m0/s1. The summed E-state index contributed by atoms with van der Waals surface area (Å²) in [5.41, 5.74) is 1.88. The van der Waals surface area contributed by atoms with Crippen molar-refractivity contribution >= 4 is 17.4 Å². The second kappa shape index (κ2) is 8.16. The van der Waals surface area contributed by atoms with Gasteiger partial charge in [-0.2, -0.15) is 0 Å². The lowest BCUT2D eigenvalue weighted by molar-refractivity contribution is -0.140. The highest BCUT2D eigenvalue weighted by Gasteiger charge is 2.46. The summed E-state index contributed by atoms with van der Waals surface area (Å²) in [5, 5.41) is 11.0. The van der Waals surface area contributed by atoms with E-state index in [1.807, 2.05) is 6.07 Å². The van der Waals surface area contributed by atoms with Crippen molar-refractivity contribution in [3.63, 3.8) is 0 Å². The Balaban J connectivity index is 1.85. The number of Topliss-reactive ketones (excluding diaryl/α,β-unsaturated/α-hetero) is 1. The molecular weight excluding hydrogens is 382 g/mol. The summed E-state index contributed by atoms with van der Waals surface area (Å²) in [6, 6.07) is 13.0. The molecule has 150 valence electrons. The van der Waals surface area contributed by atoms with E-state index in [4.69, 9.17) is 4.74 Å². The van der Waals surface area contributed by atoms with Gasteiger partial charge in [-0.15, -0.1) is 0 Å². The third-order valence-corrected chi connectivity index (χ3v) is 4.98. The maximum Gasteiger partial charge on any atom is 0.295 e. The van der Waals surface area contributed by atoms with Gasteiger partial charge in [0.2, 0.25) is 0 Å². The highest BCUT2D eigenvalue weighted by atomic mass is 16.5. The number of hydrogen-bond donors (Lipinski definition) is 1. The molecule has 0 unspecified atom stereocenters. The molecule has 0 radical (unpaired) electrons. The third-order valence-electron chi connectivity index (χ3n) is 4.98. The van der Waals surface area contributed by atoms with Gasteiger partial charge in [-0.3, -0.25) is 19.6 Å².